The van der Waals surface area contributed by atoms with E-state index in [4.69, 9.17) is 10.5 Å². The standard InChI is InChI=1S/C20H24N2O/c21-16-6-11-19(12-7-16)23-18-9-4-15(5-10-18)20-13-8-17-3-1-2-14-22(17)20/h4-7,9-12,17,20H,1-3,8,13-14,21H2/t17-,20-/m0/s1. The van der Waals surface area contributed by atoms with Crippen LogP contribution in [0, 0.1) is 0 Å². The summed E-state index contributed by atoms with van der Waals surface area (Å²) in [5.74, 6) is 1.70. The molecule has 2 aromatic carbocycles. The number of nitrogens with zero attached hydrogens (tertiary/aromatic N) is 1. The van der Waals surface area contributed by atoms with Crippen molar-refractivity contribution in [1.82, 2.24) is 4.90 Å². The van der Waals surface area contributed by atoms with Crippen molar-refractivity contribution in [3.63, 3.8) is 0 Å². The van der Waals surface area contributed by atoms with E-state index in [1.54, 1.807) is 0 Å². The Labute approximate surface area is 138 Å². The van der Waals surface area contributed by atoms with Crippen LogP contribution in [-0.2, 0) is 0 Å². The molecular weight excluding hydrogens is 284 g/mol. The fourth-order valence-corrected chi connectivity index (χ4v) is 4.05. The number of hydrogen-bond acceptors (Lipinski definition) is 3. The van der Waals surface area contributed by atoms with Crippen molar-refractivity contribution >= 4 is 5.69 Å². The molecule has 4 rings (SSSR count). The highest BCUT2D eigenvalue weighted by Gasteiger charge is 2.35. The molecule has 2 saturated heterocycles. The number of benzene rings is 2. The molecule has 3 heteroatoms. The Morgan fingerprint density at radius 3 is 2.26 bits per heavy atom. The molecular formula is C20H24N2O. The number of anilines is 1. The lowest BCUT2D eigenvalue weighted by Gasteiger charge is -2.34. The Kier molecular flexibility index (Phi) is 3.96. The van der Waals surface area contributed by atoms with Crippen molar-refractivity contribution < 1.29 is 4.74 Å². The average molecular weight is 308 g/mol. The zero-order chi connectivity index (χ0) is 15.6. The van der Waals surface area contributed by atoms with Gasteiger partial charge in [-0.05, 0) is 74.2 Å². The third kappa shape index (κ3) is 3.06. The molecule has 0 amide bonds. The van der Waals surface area contributed by atoms with Gasteiger partial charge in [0, 0.05) is 17.8 Å². The van der Waals surface area contributed by atoms with E-state index in [0.717, 1.165) is 23.2 Å². The van der Waals surface area contributed by atoms with Crippen molar-refractivity contribution in [3.05, 3.63) is 54.1 Å². The van der Waals surface area contributed by atoms with Crippen LogP contribution in [-0.4, -0.2) is 17.5 Å². The largest absolute Gasteiger partial charge is 0.457 e. The van der Waals surface area contributed by atoms with E-state index in [1.807, 2.05) is 24.3 Å². The first kappa shape index (κ1) is 14.6. The number of nitrogen functional groups attached to an aromatic ring is 1. The molecule has 120 valence electrons. The average Bonchev–Trinajstić information content (AvgIpc) is 3.02. The maximum atomic E-state index is 5.89. The SMILES string of the molecule is Nc1ccc(Oc2ccc([C@@H]3CC[C@@H]4CCCCN43)cc2)cc1. The first-order chi connectivity index (χ1) is 11.3. The lowest BCUT2D eigenvalue weighted by atomic mass is 10.0. The van der Waals surface area contributed by atoms with E-state index in [9.17, 15) is 0 Å². The first-order valence-electron chi connectivity index (χ1n) is 8.69. The van der Waals surface area contributed by atoms with Gasteiger partial charge in [-0.3, -0.25) is 4.90 Å². The second-order valence-electron chi connectivity index (χ2n) is 6.72. The third-order valence-electron chi connectivity index (χ3n) is 5.23. The predicted molar refractivity (Wildman–Crippen MR) is 93.7 cm³/mol. The van der Waals surface area contributed by atoms with Gasteiger partial charge < -0.3 is 10.5 Å². The molecule has 0 radical (unpaired) electrons. The van der Waals surface area contributed by atoms with Gasteiger partial charge >= 0.3 is 0 Å². The Bertz CT molecular complexity index is 650. The minimum Gasteiger partial charge on any atom is -0.457 e. The maximum Gasteiger partial charge on any atom is 0.127 e. The van der Waals surface area contributed by atoms with Gasteiger partial charge in [-0.15, -0.1) is 0 Å². The Morgan fingerprint density at radius 2 is 1.52 bits per heavy atom. The Hall–Kier alpha value is -2.00. The molecule has 0 aliphatic carbocycles. The molecule has 2 atom stereocenters. The molecule has 23 heavy (non-hydrogen) atoms. The van der Waals surface area contributed by atoms with Gasteiger partial charge in [-0.2, -0.15) is 0 Å². The van der Waals surface area contributed by atoms with Gasteiger partial charge in [0.05, 0.1) is 0 Å². The third-order valence-corrected chi connectivity index (χ3v) is 5.23. The maximum absolute atomic E-state index is 5.89. The summed E-state index contributed by atoms with van der Waals surface area (Å²) in [7, 11) is 0. The van der Waals surface area contributed by atoms with E-state index in [2.05, 4.69) is 29.2 Å². The predicted octanol–water partition coefficient (Wildman–Crippen LogP) is 4.75. The molecule has 2 heterocycles. The zero-order valence-electron chi connectivity index (χ0n) is 13.4. The molecule has 3 nitrogen and oxygen atoms in total. The van der Waals surface area contributed by atoms with Crippen molar-refractivity contribution in [1.29, 1.82) is 0 Å². The Morgan fingerprint density at radius 1 is 0.826 bits per heavy atom. The number of fused-ring (bicyclic) bond motifs is 1. The molecule has 0 unspecified atom stereocenters. The molecule has 2 aliphatic rings. The van der Waals surface area contributed by atoms with Gasteiger partial charge in [0.25, 0.3) is 0 Å². The molecule has 2 aromatic rings. The van der Waals surface area contributed by atoms with Crippen molar-refractivity contribution in [2.24, 2.45) is 0 Å². The molecule has 0 spiro atoms. The molecule has 0 saturated carbocycles. The van der Waals surface area contributed by atoms with Crippen LogP contribution >= 0.6 is 0 Å². The van der Waals surface area contributed by atoms with Crippen LogP contribution in [0.5, 0.6) is 11.5 Å². The Balaban J connectivity index is 1.46. The van der Waals surface area contributed by atoms with Crippen molar-refractivity contribution in [2.75, 3.05) is 12.3 Å². The van der Waals surface area contributed by atoms with Crippen molar-refractivity contribution in [2.45, 2.75) is 44.2 Å². The fraction of sp³-hybridized carbons (Fsp3) is 0.400. The summed E-state index contributed by atoms with van der Waals surface area (Å²) in [6.07, 6.45) is 6.79. The molecule has 2 aliphatic heterocycles. The molecule has 2 fully saturated rings. The van der Waals surface area contributed by atoms with E-state index in [0.29, 0.717) is 6.04 Å². The van der Waals surface area contributed by atoms with Crippen LogP contribution in [0.4, 0.5) is 5.69 Å². The number of hydrogen-bond donors (Lipinski definition) is 1. The summed E-state index contributed by atoms with van der Waals surface area (Å²) >= 11 is 0. The summed E-state index contributed by atoms with van der Waals surface area (Å²) in [6.45, 7) is 1.26. The monoisotopic (exact) mass is 308 g/mol. The number of ether oxygens (including phenoxy) is 1. The number of nitrogens with two attached hydrogens (primary N) is 1. The van der Waals surface area contributed by atoms with Crippen LogP contribution in [0.25, 0.3) is 0 Å². The highest BCUT2D eigenvalue weighted by Crippen LogP contribution is 2.40. The smallest absolute Gasteiger partial charge is 0.127 e. The molecule has 0 aromatic heterocycles. The summed E-state index contributed by atoms with van der Waals surface area (Å²) in [5.41, 5.74) is 7.89. The topological polar surface area (TPSA) is 38.5 Å². The summed E-state index contributed by atoms with van der Waals surface area (Å²) in [4.78, 5) is 2.72. The highest BCUT2D eigenvalue weighted by atomic mass is 16.5. The lowest BCUT2D eigenvalue weighted by Crippen LogP contribution is -2.35. The van der Waals surface area contributed by atoms with Gasteiger partial charge in [0.2, 0.25) is 0 Å². The van der Waals surface area contributed by atoms with Crippen LogP contribution in [0.2, 0.25) is 0 Å². The van der Waals surface area contributed by atoms with Gasteiger partial charge in [-0.25, -0.2) is 0 Å². The minimum atomic E-state index is 0.603. The fourth-order valence-electron chi connectivity index (χ4n) is 4.05. The summed E-state index contributed by atoms with van der Waals surface area (Å²) in [5, 5.41) is 0. The normalized spacial score (nSPS) is 24.3. The second-order valence-corrected chi connectivity index (χ2v) is 6.72. The van der Waals surface area contributed by atoms with Crippen LogP contribution in [0.3, 0.4) is 0 Å². The second kappa shape index (κ2) is 6.25. The van der Waals surface area contributed by atoms with Crippen LogP contribution < -0.4 is 10.5 Å². The van der Waals surface area contributed by atoms with E-state index < -0.39 is 0 Å². The molecule has 2 N–H and O–H groups in total. The lowest BCUT2D eigenvalue weighted by molar-refractivity contribution is 0.150. The van der Waals surface area contributed by atoms with Gasteiger partial charge in [0.15, 0.2) is 0 Å². The van der Waals surface area contributed by atoms with Crippen LogP contribution in [0.15, 0.2) is 48.5 Å². The highest BCUT2D eigenvalue weighted by molar-refractivity contribution is 5.43. The van der Waals surface area contributed by atoms with E-state index in [1.165, 1.54) is 44.2 Å². The quantitative estimate of drug-likeness (QED) is 0.832. The first-order valence-corrected chi connectivity index (χ1v) is 8.69. The summed E-state index contributed by atoms with van der Waals surface area (Å²) < 4.78 is 5.89. The van der Waals surface area contributed by atoms with Crippen LogP contribution in [0.1, 0.15) is 43.7 Å². The number of rotatable bonds is 3. The minimum absolute atomic E-state index is 0.603. The van der Waals surface area contributed by atoms with E-state index >= 15 is 0 Å². The van der Waals surface area contributed by atoms with E-state index in [-0.39, 0.29) is 0 Å². The van der Waals surface area contributed by atoms with Gasteiger partial charge in [0.1, 0.15) is 11.5 Å². The van der Waals surface area contributed by atoms with Gasteiger partial charge in [-0.1, -0.05) is 18.6 Å². The zero-order valence-corrected chi connectivity index (χ0v) is 13.4. The summed E-state index contributed by atoms with van der Waals surface area (Å²) in [6, 6.07) is 17.6. The molecule has 0 bridgehead atoms. The van der Waals surface area contributed by atoms with Crippen molar-refractivity contribution in [3.8, 4) is 11.5 Å². The number of piperidine rings is 1.